The molecular weight excluding hydrogens is 166 g/mol. The normalized spacial score (nSPS) is 16.1. The van der Waals surface area contributed by atoms with E-state index in [-0.39, 0.29) is 12.3 Å². The molecule has 0 unspecified atom stereocenters. The number of nitrogens with one attached hydrogen (secondary N) is 1. The van der Waals surface area contributed by atoms with E-state index >= 15 is 0 Å². The van der Waals surface area contributed by atoms with E-state index in [2.05, 4.69) is 9.97 Å². The number of imidazole rings is 1. The number of ketones is 1. The maximum absolute atomic E-state index is 11.1. The van der Waals surface area contributed by atoms with E-state index in [1.165, 1.54) is 12.8 Å². The highest BCUT2D eigenvalue weighted by Crippen LogP contribution is 2.31. The molecule has 1 saturated carbocycles. The van der Waals surface area contributed by atoms with Crippen LogP contribution in [0.25, 0.3) is 0 Å². The Morgan fingerprint density at radius 2 is 2.46 bits per heavy atom. The molecule has 1 fully saturated rings. The van der Waals surface area contributed by atoms with Crippen molar-refractivity contribution >= 4 is 5.78 Å². The molecule has 0 bridgehead atoms. The number of hydrogen-bond donors (Lipinski definition) is 2. The first-order valence-electron chi connectivity index (χ1n) is 4.56. The van der Waals surface area contributed by atoms with Gasteiger partial charge in [-0.1, -0.05) is 0 Å². The molecule has 0 aromatic carbocycles. The van der Waals surface area contributed by atoms with E-state index in [9.17, 15) is 4.79 Å². The molecule has 0 aliphatic heterocycles. The van der Waals surface area contributed by atoms with Crippen molar-refractivity contribution in [2.75, 3.05) is 6.54 Å². The number of carbonyl (C=O) groups is 1. The molecule has 2 rings (SSSR count). The first-order valence-corrected chi connectivity index (χ1v) is 4.56. The fourth-order valence-electron chi connectivity index (χ4n) is 1.31. The van der Waals surface area contributed by atoms with Crippen molar-refractivity contribution in [3.05, 3.63) is 17.7 Å². The number of aromatic nitrogens is 2. The second-order valence-electron chi connectivity index (χ2n) is 3.52. The summed E-state index contributed by atoms with van der Waals surface area (Å²) < 4.78 is 0. The Balaban J connectivity index is 2.03. The summed E-state index contributed by atoms with van der Waals surface area (Å²) in [4.78, 5) is 18.3. The van der Waals surface area contributed by atoms with Crippen molar-refractivity contribution in [1.29, 1.82) is 0 Å². The van der Waals surface area contributed by atoms with Gasteiger partial charge in [-0.2, -0.15) is 0 Å². The molecule has 1 aromatic heterocycles. The summed E-state index contributed by atoms with van der Waals surface area (Å²) >= 11 is 0. The summed E-state index contributed by atoms with van der Waals surface area (Å²) in [6.07, 6.45) is 5.13. The minimum Gasteiger partial charge on any atom is -0.340 e. The van der Waals surface area contributed by atoms with Gasteiger partial charge >= 0.3 is 0 Å². The molecule has 0 saturated heterocycles. The number of nitrogens with two attached hydrogens (primary N) is 1. The summed E-state index contributed by atoms with van der Waals surface area (Å²) in [6.45, 7) is 0.0467. The predicted molar refractivity (Wildman–Crippen MR) is 48.4 cm³/mol. The molecule has 0 atom stereocenters. The van der Waals surface area contributed by atoms with Gasteiger partial charge in [0.25, 0.3) is 0 Å². The minimum atomic E-state index is -0.0745. The average molecular weight is 179 g/mol. The molecule has 70 valence electrons. The van der Waals surface area contributed by atoms with Gasteiger partial charge in [0.2, 0.25) is 0 Å². The van der Waals surface area contributed by atoms with E-state index in [0.29, 0.717) is 5.69 Å². The maximum atomic E-state index is 11.1. The van der Waals surface area contributed by atoms with Gasteiger partial charge in [0, 0.05) is 6.42 Å². The van der Waals surface area contributed by atoms with Gasteiger partial charge < -0.3 is 10.7 Å². The van der Waals surface area contributed by atoms with Crippen LogP contribution in [-0.4, -0.2) is 22.3 Å². The lowest BCUT2D eigenvalue weighted by molar-refractivity contribution is 0.0997. The Bertz CT molecular complexity index is 314. The fourth-order valence-corrected chi connectivity index (χ4v) is 1.31. The van der Waals surface area contributed by atoms with Gasteiger partial charge in [0.1, 0.15) is 11.5 Å². The van der Waals surface area contributed by atoms with Crippen LogP contribution in [0.5, 0.6) is 0 Å². The molecule has 1 aromatic rings. The fraction of sp³-hybridized carbons (Fsp3) is 0.556. The van der Waals surface area contributed by atoms with Crippen molar-refractivity contribution in [3.63, 3.8) is 0 Å². The van der Waals surface area contributed by atoms with Gasteiger partial charge in [0.05, 0.1) is 12.7 Å². The van der Waals surface area contributed by atoms with Gasteiger partial charge in [0.15, 0.2) is 5.78 Å². The van der Waals surface area contributed by atoms with E-state index in [1.807, 2.05) is 0 Å². The molecule has 0 spiro atoms. The highest BCUT2D eigenvalue weighted by Gasteiger charge is 2.23. The second kappa shape index (κ2) is 3.30. The Morgan fingerprint density at radius 3 is 3.08 bits per heavy atom. The van der Waals surface area contributed by atoms with Crippen LogP contribution in [0.15, 0.2) is 6.20 Å². The van der Waals surface area contributed by atoms with Crippen molar-refractivity contribution in [2.24, 2.45) is 11.7 Å². The molecule has 1 aliphatic rings. The van der Waals surface area contributed by atoms with Crippen LogP contribution in [-0.2, 0) is 6.42 Å². The molecular formula is C9H13N3O. The van der Waals surface area contributed by atoms with Crippen LogP contribution >= 0.6 is 0 Å². The lowest BCUT2D eigenvalue weighted by Gasteiger charge is -1.92. The number of H-pyrrole nitrogens is 1. The number of rotatable bonds is 4. The van der Waals surface area contributed by atoms with Gasteiger partial charge in [-0.3, -0.25) is 4.79 Å². The SMILES string of the molecule is NCC(=O)c1cnc(CC2CC2)[nH]1. The Morgan fingerprint density at radius 1 is 1.69 bits per heavy atom. The van der Waals surface area contributed by atoms with Gasteiger partial charge in [-0.25, -0.2) is 4.98 Å². The molecule has 1 aliphatic carbocycles. The van der Waals surface area contributed by atoms with E-state index in [4.69, 9.17) is 5.73 Å². The zero-order valence-electron chi connectivity index (χ0n) is 7.42. The smallest absolute Gasteiger partial charge is 0.194 e. The number of hydrogen-bond acceptors (Lipinski definition) is 3. The van der Waals surface area contributed by atoms with E-state index in [1.54, 1.807) is 6.20 Å². The monoisotopic (exact) mass is 179 g/mol. The van der Waals surface area contributed by atoms with Crippen molar-refractivity contribution < 1.29 is 4.79 Å². The molecule has 0 radical (unpaired) electrons. The van der Waals surface area contributed by atoms with Gasteiger partial charge in [-0.15, -0.1) is 0 Å². The lowest BCUT2D eigenvalue weighted by atomic mass is 10.3. The van der Waals surface area contributed by atoms with Crippen molar-refractivity contribution in [2.45, 2.75) is 19.3 Å². The molecule has 4 heteroatoms. The Hall–Kier alpha value is -1.16. The van der Waals surface area contributed by atoms with Crippen molar-refractivity contribution in [1.82, 2.24) is 9.97 Å². The summed E-state index contributed by atoms with van der Waals surface area (Å²) in [6, 6.07) is 0. The van der Waals surface area contributed by atoms with E-state index < -0.39 is 0 Å². The highest BCUT2D eigenvalue weighted by atomic mass is 16.1. The first kappa shape index (κ1) is 8.44. The molecule has 3 N–H and O–H groups in total. The third-order valence-corrected chi connectivity index (χ3v) is 2.29. The zero-order valence-corrected chi connectivity index (χ0v) is 7.42. The van der Waals surface area contributed by atoms with Crippen LogP contribution in [0, 0.1) is 5.92 Å². The number of Topliss-reactive ketones (excluding diaryl/α,β-unsaturated/α-hetero) is 1. The lowest BCUT2D eigenvalue weighted by Crippen LogP contribution is -2.13. The number of aromatic amines is 1. The molecule has 1 heterocycles. The number of nitrogens with zero attached hydrogens (tertiary/aromatic N) is 1. The average Bonchev–Trinajstić information content (AvgIpc) is 2.81. The summed E-state index contributed by atoms with van der Waals surface area (Å²) in [5.74, 6) is 1.63. The first-order chi connectivity index (χ1) is 6.29. The van der Waals surface area contributed by atoms with Gasteiger partial charge in [-0.05, 0) is 18.8 Å². The molecule has 0 amide bonds. The van der Waals surface area contributed by atoms with Crippen LogP contribution in [0.3, 0.4) is 0 Å². The molecule has 4 nitrogen and oxygen atoms in total. The van der Waals surface area contributed by atoms with Crippen LogP contribution in [0.1, 0.15) is 29.2 Å². The third-order valence-electron chi connectivity index (χ3n) is 2.29. The topological polar surface area (TPSA) is 71.8 Å². The summed E-state index contributed by atoms with van der Waals surface area (Å²) in [5, 5.41) is 0. The Labute approximate surface area is 76.5 Å². The van der Waals surface area contributed by atoms with Crippen LogP contribution in [0.2, 0.25) is 0 Å². The zero-order chi connectivity index (χ0) is 9.26. The standard InChI is InChI=1S/C9H13N3O/c10-4-8(13)7-5-11-9(12-7)3-6-1-2-6/h5-6H,1-4,10H2,(H,11,12). The van der Waals surface area contributed by atoms with Crippen molar-refractivity contribution in [3.8, 4) is 0 Å². The maximum Gasteiger partial charge on any atom is 0.194 e. The quantitative estimate of drug-likeness (QED) is 0.661. The van der Waals surface area contributed by atoms with E-state index in [0.717, 1.165) is 18.2 Å². The predicted octanol–water partition coefficient (Wildman–Crippen LogP) is 0.504. The summed E-state index contributed by atoms with van der Waals surface area (Å²) in [5.41, 5.74) is 5.77. The highest BCUT2D eigenvalue weighted by molar-refractivity contribution is 5.95. The minimum absolute atomic E-state index is 0.0467. The third kappa shape index (κ3) is 1.95. The Kier molecular flexibility index (Phi) is 2.14. The largest absolute Gasteiger partial charge is 0.340 e. The van der Waals surface area contributed by atoms with Crippen LogP contribution < -0.4 is 5.73 Å². The summed E-state index contributed by atoms with van der Waals surface area (Å²) in [7, 11) is 0. The molecule has 13 heavy (non-hydrogen) atoms. The second-order valence-corrected chi connectivity index (χ2v) is 3.52. The number of carbonyl (C=O) groups excluding carboxylic acids is 1. The van der Waals surface area contributed by atoms with Crippen LogP contribution in [0.4, 0.5) is 0 Å².